The summed E-state index contributed by atoms with van der Waals surface area (Å²) in [6.07, 6.45) is 3.70. The van der Waals surface area contributed by atoms with Crippen molar-refractivity contribution in [1.82, 2.24) is 19.9 Å². The zero-order valence-electron chi connectivity index (χ0n) is 14.1. The van der Waals surface area contributed by atoms with Crippen LogP contribution >= 0.6 is 11.3 Å². The number of piperidine rings is 1. The van der Waals surface area contributed by atoms with Crippen LogP contribution in [0.15, 0.2) is 18.6 Å². The lowest BCUT2D eigenvalue weighted by Gasteiger charge is -2.37. The SMILES string of the molecule is CC(=O)Nc1ncc(CN2CC(Cc3ncc(F)cn3)CC(F)(F)C2)s1. The average Bonchev–Trinajstić information content (AvgIpc) is 2.94. The maximum absolute atomic E-state index is 14.1. The zero-order chi connectivity index (χ0) is 18.7. The molecule has 0 aliphatic carbocycles. The molecule has 140 valence electrons. The number of carbonyl (C=O) groups excluding carboxylic acids is 1. The molecule has 0 bridgehead atoms. The Morgan fingerprint density at radius 1 is 1.35 bits per heavy atom. The molecule has 1 aliphatic heterocycles. The Kier molecular flexibility index (Phi) is 5.52. The Morgan fingerprint density at radius 3 is 2.77 bits per heavy atom. The number of nitrogens with one attached hydrogen (secondary N) is 1. The molecule has 10 heteroatoms. The number of anilines is 1. The van der Waals surface area contributed by atoms with Gasteiger partial charge in [-0.3, -0.25) is 9.69 Å². The van der Waals surface area contributed by atoms with Gasteiger partial charge in [-0.15, -0.1) is 11.3 Å². The minimum absolute atomic E-state index is 0.227. The molecule has 26 heavy (non-hydrogen) atoms. The summed E-state index contributed by atoms with van der Waals surface area (Å²) in [7, 11) is 0. The van der Waals surface area contributed by atoms with Gasteiger partial charge in [0.05, 0.1) is 18.9 Å². The highest BCUT2D eigenvalue weighted by Crippen LogP contribution is 2.33. The normalized spacial score (nSPS) is 20.1. The van der Waals surface area contributed by atoms with Crippen LogP contribution in [0.1, 0.15) is 24.0 Å². The smallest absolute Gasteiger partial charge is 0.260 e. The lowest BCUT2D eigenvalue weighted by atomic mass is 9.92. The quantitative estimate of drug-likeness (QED) is 0.857. The van der Waals surface area contributed by atoms with Crippen LogP contribution in [0, 0.1) is 11.7 Å². The predicted molar refractivity (Wildman–Crippen MR) is 90.4 cm³/mol. The molecule has 1 amide bonds. The van der Waals surface area contributed by atoms with Crippen molar-refractivity contribution in [1.29, 1.82) is 0 Å². The van der Waals surface area contributed by atoms with Crippen LogP contribution in [-0.2, 0) is 17.8 Å². The molecule has 0 spiro atoms. The van der Waals surface area contributed by atoms with Crippen molar-refractivity contribution in [3.05, 3.63) is 35.1 Å². The Bertz CT molecular complexity index is 768. The number of alkyl halides is 2. The lowest BCUT2D eigenvalue weighted by molar-refractivity contribution is -0.114. The van der Waals surface area contributed by atoms with E-state index in [4.69, 9.17) is 0 Å². The fourth-order valence-electron chi connectivity index (χ4n) is 3.08. The largest absolute Gasteiger partial charge is 0.302 e. The van der Waals surface area contributed by atoms with Crippen LogP contribution in [-0.4, -0.2) is 44.8 Å². The second kappa shape index (κ2) is 7.67. The summed E-state index contributed by atoms with van der Waals surface area (Å²) in [5.41, 5.74) is 0. The van der Waals surface area contributed by atoms with Crippen LogP contribution in [0.2, 0.25) is 0 Å². The number of rotatable bonds is 5. The van der Waals surface area contributed by atoms with Gasteiger partial charge in [-0.2, -0.15) is 0 Å². The van der Waals surface area contributed by atoms with Gasteiger partial charge in [0, 0.05) is 43.9 Å². The van der Waals surface area contributed by atoms with E-state index in [0.717, 1.165) is 17.3 Å². The number of carbonyl (C=O) groups is 1. The van der Waals surface area contributed by atoms with Crippen molar-refractivity contribution in [2.45, 2.75) is 32.2 Å². The standard InChI is InChI=1S/C16H18F3N5OS/c1-10(25)23-15-22-6-13(26-15)8-24-7-11(3-16(18,19)9-24)2-14-20-4-12(17)5-21-14/h4-6,11H,2-3,7-9H2,1H3,(H,22,23,25). The fourth-order valence-corrected chi connectivity index (χ4v) is 3.98. The second-order valence-electron chi connectivity index (χ2n) is 6.43. The first-order chi connectivity index (χ1) is 12.3. The molecule has 0 saturated carbocycles. The van der Waals surface area contributed by atoms with E-state index in [1.165, 1.54) is 18.3 Å². The topological polar surface area (TPSA) is 71.0 Å². The molecule has 6 nitrogen and oxygen atoms in total. The Balaban J connectivity index is 1.64. The van der Waals surface area contributed by atoms with Crippen LogP contribution in [0.3, 0.4) is 0 Å². The van der Waals surface area contributed by atoms with Crippen molar-refractivity contribution in [3.63, 3.8) is 0 Å². The number of nitrogens with zero attached hydrogens (tertiary/aromatic N) is 4. The minimum Gasteiger partial charge on any atom is -0.302 e. The Hall–Kier alpha value is -2.07. The maximum Gasteiger partial charge on any atom is 0.260 e. The first kappa shape index (κ1) is 18.7. The molecular weight excluding hydrogens is 367 g/mol. The number of thiazole rings is 1. The molecule has 3 heterocycles. The van der Waals surface area contributed by atoms with E-state index >= 15 is 0 Å². The summed E-state index contributed by atoms with van der Waals surface area (Å²) >= 11 is 1.27. The van der Waals surface area contributed by atoms with Crippen LogP contribution in [0.25, 0.3) is 0 Å². The molecule has 2 aromatic rings. The number of hydrogen-bond donors (Lipinski definition) is 1. The van der Waals surface area contributed by atoms with E-state index in [1.54, 1.807) is 11.1 Å². The number of halogens is 3. The third kappa shape index (κ3) is 5.21. The monoisotopic (exact) mass is 385 g/mol. The van der Waals surface area contributed by atoms with Gasteiger partial charge >= 0.3 is 0 Å². The van der Waals surface area contributed by atoms with Crippen LogP contribution in [0.4, 0.5) is 18.3 Å². The molecule has 1 atom stereocenters. The van der Waals surface area contributed by atoms with E-state index in [9.17, 15) is 18.0 Å². The average molecular weight is 385 g/mol. The third-order valence-electron chi connectivity index (χ3n) is 3.92. The van der Waals surface area contributed by atoms with Crippen molar-refractivity contribution in [3.8, 4) is 0 Å². The van der Waals surface area contributed by atoms with E-state index < -0.39 is 11.7 Å². The summed E-state index contributed by atoms with van der Waals surface area (Å²) in [4.78, 5) is 25.3. The first-order valence-electron chi connectivity index (χ1n) is 8.08. The fraction of sp³-hybridized carbons (Fsp3) is 0.500. The summed E-state index contributed by atoms with van der Waals surface area (Å²) in [6, 6.07) is 0. The zero-order valence-corrected chi connectivity index (χ0v) is 14.9. The van der Waals surface area contributed by atoms with E-state index in [-0.39, 0.29) is 31.2 Å². The van der Waals surface area contributed by atoms with E-state index in [2.05, 4.69) is 20.3 Å². The van der Waals surface area contributed by atoms with E-state index in [0.29, 0.717) is 24.0 Å². The lowest BCUT2D eigenvalue weighted by Crippen LogP contribution is -2.47. The summed E-state index contributed by atoms with van der Waals surface area (Å²) in [5, 5.41) is 3.03. The first-order valence-corrected chi connectivity index (χ1v) is 8.89. The number of amides is 1. The van der Waals surface area contributed by atoms with Crippen LogP contribution in [0.5, 0.6) is 0 Å². The van der Waals surface area contributed by atoms with Gasteiger partial charge in [-0.25, -0.2) is 28.1 Å². The van der Waals surface area contributed by atoms with Crippen molar-refractivity contribution >= 4 is 22.4 Å². The van der Waals surface area contributed by atoms with Crippen molar-refractivity contribution in [2.75, 3.05) is 18.4 Å². The molecule has 1 aliphatic rings. The second-order valence-corrected chi connectivity index (χ2v) is 7.55. The number of likely N-dealkylation sites (tertiary alicyclic amines) is 1. The molecule has 1 saturated heterocycles. The highest BCUT2D eigenvalue weighted by Gasteiger charge is 2.40. The van der Waals surface area contributed by atoms with Crippen LogP contribution < -0.4 is 5.32 Å². The van der Waals surface area contributed by atoms with Gasteiger partial charge in [-0.1, -0.05) is 0 Å². The summed E-state index contributed by atoms with van der Waals surface area (Å²) in [6.45, 7) is 1.84. The van der Waals surface area contributed by atoms with Gasteiger partial charge in [0.25, 0.3) is 5.92 Å². The molecular formula is C16H18F3N5OS. The van der Waals surface area contributed by atoms with Crippen molar-refractivity contribution < 1.29 is 18.0 Å². The van der Waals surface area contributed by atoms with Gasteiger partial charge in [0.1, 0.15) is 5.82 Å². The Morgan fingerprint density at radius 2 is 2.08 bits per heavy atom. The molecule has 1 N–H and O–H groups in total. The third-order valence-corrected chi connectivity index (χ3v) is 4.82. The molecule has 0 aromatic carbocycles. The van der Waals surface area contributed by atoms with Gasteiger partial charge in [0.15, 0.2) is 10.9 Å². The minimum atomic E-state index is -2.81. The van der Waals surface area contributed by atoms with Gasteiger partial charge in [-0.05, 0) is 5.92 Å². The summed E-state index contributed by atoms with van der Waals surface area (Å²) in [5.74, 6) is -3.56. The molecule has 1 unspecified atom stereocenters. The van der Waals surface area contributed by atoms with Gasteiger partial charge in [0.2, 0.25) is 5.91 Å². The Labute approximate surface area is 152 Å². The maximum atomic E-state index is 14.1. The number of hydrogen-bond acceptors (Lipinski definition) is 6. The number of aromatic nitrogens is 3. The van der Waals surface area contributed by atoms with Gasteiger partial charge < -0.3 is 5.32 Å². The summed E-state index contributed by atoms with van der Waals surface area (Å²) < 4.78 is 41.2. The highest BCUT2D eigenvalue weighted by atomic mass is 32.1. The van der Waals surface area contributed by atoms with Crippen molar-refractivity contribution in [2.24, 2.45) is 5.92 Å². The predicted octanol–water partition coefficient (Wildman–Crippen LogP) is 2.73. The highest BCUT2D eigenvalue weighted by molar-refractivity contribution is 7.15. The molecule has 1 fully saturated rings. The molecule has 2 aromatic heterocycles. The molecule has 3 rings (SSSR count). The van der Waals surface area contributed by atoms with E-state index in [1.807, 2.05) is 0 Å². The molecule has 0 radical (unpaired) electrons.